The van der Waals surface area contributed by atoms with E-state index in [-0.39, 0.29) is 34.5 Å². The monoisotopic (exact) mass is 565 g/mol. The Labute approximate surface area is 217 Å². The summed E-state index contributed by atoms with van der Waals surface area (Å²) in [5, 5.41) is 2.64. The minimum absolute atomic E-state index is 0.00243. The number of alkyl halides is 3. The summed E-state index contributed by atoms with van der Waals surface area (Å²) in [5.74, 6) is -5.60. The molecule has 3 rings (SSSR count). The van der Waals surface area contributed by atoms with Gasteiger partial charge in [-0.2, -0.15) is 0 Å². The molecule has 2 aromatic rings. The van der Waals surface area contributed by atoms with Gasteiger partial charge >= 0.3 is 0 Å². The molecule has 0 aliphatic heterocycles. The quantitative estimate of drug-likeness (QED) is 0.402. The van der Waals surface area contributed by atoms with Crippen molar-refractivity contribution in [2.45, 2.75) is 37.3 Å². The Hall–Kier alpha value is -2.34. The molecule has 0 radical (unpaired) electrons. The number of carbonyl (C=O) groups is 2. The van der Waals surface area contributed by atoms with Crippen molar-refractivity contribution in [3.05, 3.63) is 64.9 Å². The number of amides is 2. The number of hydrogen-bond acceptors (Lipinski definition) is 4. The summed E-state index contributed by atoms with van der Waals surface area (Å²) in [4.78, 5) is 27.8. The lowest BCUT2D eigenvalue weighted by Gasteiger charge is -2.38. The molecular formula is C23H24Cl2F3N3O4S. The van der Waals surface area contributed by atoms with E-state index in [1.165, 1.54) is 24.3 Å². The number of sulfonamides is 1. The average Bonchev–Trinajstić information content (AvgIpc) is 2.76. The minimum Gasteiger partial charge on any atom is -0.351 e. The highest BCUT2D eigenvalue weighted by Crippen LogP contribution is 2.39. The van der Waals surface area contributed by atoms with Crippen LogP contribution in [0.15, 0.2) is 48.5 Å². The fourth-order valence-electron chi connectivity index (χ4n) is 3.81. The number of halogens is 5. The second kappa shape index (κ2) is 11.8. The predicted octanol–water partition coefficient (Wildman–Crippen LogP) is 4.02. The maximum Gasteiger partial charge on any atom is 0.252 e. The molecule has 1 aliphatic rings. The van der Waals surface area contributed by atoms with E-state index in [9.17, 15) is 31.2 Å². The van der Waals surface area contributed by atoms with Crippen LogP contribution in [0.1, 0.15) is 30.9 Å². The summed E-state index contributed by atoms with van der Waals surface area (Å²) in [5.41, 5.74) is 0.186. The first-order chi connectivity index (χ1) is 16.9. The number of rotatable bonds is 11. The smallest absolute Gasteiger partial charge is 0.252 e. The molecule has 7 nitrogen and oxygen atoms in total. The highest BCUT2D eigenvalue weighted by molar-refractivity contribution is 7.89. The molecule has 1 atom stereocenters. The summed E-state index contributed by atoms with van der Waals surface area (Å²) < 4.78 is 66.9. The van der Waals surface area contributed by atoms with E-state index < -0.39 is 64.9 Å². The number of hydrogen-bond donors (Lipinski definition) is 2. The van der Waals surface area contributed by atoms with Crippen LogP contribution >= 0.6 is 23.2 Å². The van der Waals surface area contributed by atoms with Crippen molar-refractivity contribution < 1.29 is 31.2 Å². The molecule has 0 bridgehead atoms. The largest absolute Gasteiger partial charge is 0.351 e. The fraction of sp³-hybridized carbons (Fsp3) is 0.391. The SMILES string of the molecule is O=C(NC1CC(F)(F)C1)C(c1ccccc1Cl)N(C(=O)CCNS(=O)(=O)CCCl)c1cccc(F)c1. The Morgan fingerprint density at radius 2 is 1.83 bits per heavy atom. The second-order valence-corrected chi connectivity index (χ2v) is 11.0. The summed E-state index contributed by atoms with van der Waals surface area (Å²) in [6, 6.07) is 8.81. The molecule has 1 fully saturated rings. The van der Waals surface area contributed by atoms with Crippen LogP contribution in [0.3, 0.4) is 0 Å². The molecule has 0 spiro atoms. The van der Waals surface area contributed by atoms with Gasteiger partial charge in [-0.05, 0) is 24.3 Å². The molecule has 1 unspecified atom stereocenters. The lowest BCUT2D eigenvalue weighted by molar-refractivity contribution is -0.132. The number of benzene rings is 2. The first-order valence-electron chi connectivity index (χ1n) is 11.0. The van der Waals surface area contributed by atoms with Crippen molar-refractivity contribution >= 4 is 50.7 Å². The van der Waals surface area contributed by atoms with Gasteiger partial charge in [0.05, 0.1) is 5.75 Å². The van der Waals surface area contributed by atoms with Gasteiger partial charge in [0.1, 0.15) is 11.9 Å². The highest BCUT2D eigenvalue weighted by atomic mass is 35.5. The van der Waals surface area contributed by atoms with Crippen LogP contribution < -0.4 is 14.9 Å². The number of nitrogens with zero attached hydrogens (tertiary/aromatic N) is 1. The van der Waals surface area contributed by atoms with E-state index in [4.69, 9.17) is 23.2 Å². The number of carbonyl (C=O) groups excluding carboxylic acids is 2. The molecule has 1 saturated carbocycles. The lowest BCUT2D eigenvalue weighted by Crippen LogP contribution is -2.54. The summed E-state index contributed by atoms with van der Waals surface area (Å²) in [7, 11) is -3.73. The first kappa shape index (κ1) is 28.2. The van der Waals surface area contributed by atoms with Crippen LogP contribution in [0, 0.1) is 5.82 Å². The lowest BCUT2D eigenvalue weighted by atomic mass is 9.87. The maximum absolute atomic E-state index is 14.1. The molecule has 1 aliphatic carbocycles. The van der Waals surface area contributed by atoms with E-state index in [2.05, 4.69) is 10.0 Å². The van der Waals surface area contributed by atoms with Gasteiger partial charge in [0.2, 0.25) is 21.8 Å². The predicted molar refractivity (Wildman–Crippen MR) is 131 cm³/mol. The normalized spacial score (nSPS) is 16.1. The van der Waals surface area contributed by atoms with Crippen molar-refractivity contribution in [1.82, 2.24) is 10.0 Å². The van der Waals surface area contributed by atoms with E-state index >= 15 is 0 Å². The fourth-order valence-corrected chi connectivity index (χ4v) is 5.42. The van der Waals surface area contributed by atoms with E-state index in [0.29, 0.717) is 0 Å². The molecule has 196 valence electrons. The Bertz CT molecular complexity index is 1210. The van der Waals surface area contributed by atoms with Gasteiger partial charge in [0, 0.05) is 54.0 Å². The van der Waals surface area contributed by atoms with Gasteiger partial charge in [-0.3, -0.25) is 14.5 Å². The van der Waals surface area contributed by atoms with E-state index in [1.807, 2.05) is 0 Å². The molecule has 0 saturated heterocycles. The Kier molecular flexibility index (Phi) is 9.26. The van der Waals surface area contributed by atoms with Crippen molar-refractivity contribution in [2.24, 2.45) is 0 Å². The standard InChI is InChI=1S/C23H24Cl2F3N3O4S/c24-9-11-36(34,35)29-10-8-20(32)31(17-5-3-4-15(26)12-17)21(18-6-1-2-7-19(18)25)22(33)30-16-13-23(27,28)14-16/h1-7,12,16,21,29H,8-11,13-14H2,(H,30,33). The number of nitrogens with one attached hydrogen (secondary N) is 2. The van der Waals surface area contributed by atoms with Crippen LogP contribution in [-0.2, 0) is 19.6 Å². The molecule has 2 amide bonds. The van der Waals surface area contributed by atoms with E-state index in [0.717, 1.165) is 17.0 Å². The van der Waals surface area contributed by atoms with Crippen molar-refractivity contribution in [3.63, 3.8) is 0 Å². The minimum atomic E-state index is -3.73. The zero-order chi connectivity index (χ0) is 26.5. The molecule has 0 aromatic heterocycles. The highest BCUT2D eigenvalue weighted by Gasteiger charge is 2.47. The summed E-state index contributed by atoms with van der Waals surface area (Å²) in [6.07, 6.45) is -1.50. The van der Waals surface area contributed by atoms with Gasteiger partial charge in [-0.25, -0.2) is 26.3 Å². The zero-order valence-electron chi connectivity index (χ0n) is 18.9. The molecule has 2 aromatic carbocycles. The molecule has 36 heavy (non-hydrogen) atoms. The first-order valence-corrected chi connectivity index (χ1v) is 13.5. The summed E-state index contributed by atoms with van der Waals surface area (Å²) >= 11 is 11.8. The average molecular weight is 566 g/mol. The van der Waals surface area contributed by atoms with Crippen molar-refractivity contribution in [2.75, 3.05) is 23.1 Å². The van der Waals surface area contributed by atoms with Crippen LogP contribution in [0.25, 0.3) is 0 Å². The summed E-state index contributed by atoms with van der Waals surface area (Å²) in [6.45, 7) is -0.310. The molecule has 13 heteroatoms. The maximum atomic E-state index is 14.1. The molecular weight excluding hydrogens is 542 g/mol. The van der Waals surface area contributed by atoms with Gasteiger partial charge < -0.3 is 5.32 Å². The van der Waals surface area contributed by atoms with Crippen molar-refractivity contribution in [1.29, 1.82) is 0 Å². The Morgan fingerprint density at radius 3 is 2.44 bits per heavy atom. The van der Waals surface area contributed by atoms with Crippen LogP contribution in [0.5, 0.6) is 0 Å². The van der Waals surface area contributed by atoms with Crippen LogP contribution in [0.2, 0.25) is 5.02 Å². The van der Waals surface area contributed by atoms with Gasteiger partial charge in [0.25, 0.3) is 5.92 Å². The van der Waals surface area contributed by atoms with Crippen molar-refractivity contribution in [3.8, 4) is 0 Å². The number of anilines is 1. The second-order valence-electron chi connectivity index (χ2n) is 8.29. The molecule has 2 N–H and O–H groups in total. The van der Waals surface area contributed by atoms with Crippen LogP contribution in [-0.4, -0.2) is 50.4 Å². The van der Waals surface area contributed by atoms with Gasteiger partial charge in [-0.15, -0.1) is 11.6 Å². The van der Waals surface area contributed by atoms with Gasteiger partial charge in [-0.1, -0.05) is 35.9 Å². The topological polar surface area (TPSA) is 95.6 Å². The molecule has 0 heterocycles. The Morgan fingerprint density at radius 1 is 1.14 bits per heavy atom. The van der Waals surface area contributed by atoms with E-state index in [1.54, 1.807) is 12.1 Å². The zero-order valence-corrected chi connectivity index (χ0v) is 21.2. The Balaban J connectivity index is 1.97. The third-order valence-electron chi connectivity index (χ3n) is 5.50. The third kappa shape index (κ3) is 7.34. The third-order valence-corrected chi connectivity index (χ3v) is 7.65. The van der Waals surface area contributed by atoms with Crippen LogP contribution in [0.4, 0.5) is 18.9 Å². The van der Waals surface area contributed by atoms with Gasteiger partial charge in [0.15, 0.2) is 0 Å².